The van der Waals surface area contributed by atoms with Gasteiger partial charge in [-0.3, -0.25) is 4.84 Å². The average Bonchev–Trinajstić information content (AvgIpc) is 2.14. The molecule has 2 radical (unpaired) electrons. The Balaban J connectivity index is 2.16. The molecule has 0 aliphatic carbocycles. The van der Waals surface area contributed by atoms with Crippen LogP contribution in [0.3, 0.4) is 0 Å². The molecule has 64 valence electrons. The molecule has 0 saturated carbocycles. The van der Waals surface area contributed by atoms with Crippen molar-refractivity contribution in [3.05, 3.63) is 35.9 Å². The van der Waals surface area contributed by atoms with E-state index in [1.54, 1.807) is 0 Å². The summed E-state index contributed by atoms with van der Waals surface area (Å²) < 4.78 is 0. The van der Waals surface area contributed by atoms with Crippen LogP contribution in [-0.4, -0.2) is 13.3 Å². The minimum Gasteiger partial charge on any atom is -0.250 e. The first-order valence-electron chi connectivity index (χ1n) is 3.84. The molecule has 1 aromatic rings. The highest BCUT2D eigenvalue weighted by molar-refractivity contribution is 5.14. The summed E-state index contributed by atoms with van der Waals surface area (Å²) in [4.78, 5) is 4.32. The molecule has 3 nitrogen and oxygen atoms in total. The summed E-state index contributed by atoms with van der Waals surface area (Å²) in [6.45, 7) is -0.0406. The fraction of sp³-hybridized carbons (Fsp3) is 0.333. The van der Waals surface area contributed by atoms with E-state index >= 15 is 0 Å². The van der Waals surface area contributed by atoms with Crippen molar-refractivity contribution in [3.63, 3.8) is 0 Å². The standard InChI is InChI=1S/C9H11NO2/c11-8-12-10-7-6-9-4-2-1-3-5-9/h1-5H,6-8H2. The van der Waals surface area contributed by atoms with Gasteiger partial charge in [0.05, 0.1) is 0 Å². The summed E-state index contributed by atoms with van der Waals surface area (Å²) in [5.41, 5.74) is 4.78. The van der Waals surface area contributed by atoms with Gasteiger partial charge in [0, 0.05) is 6.54 Å². The van der Waals surface area contributed by atoms with Crippen molar-refractivity contribution >= 4 is 0 Å². The Morgan fingerprint density at radius 1 is 1.25 bits per heavy atom. The van der Waals surface area contributed by atoms with Crippen LogP contribution < -0.4 is 5.48 Å². The Kier molecular flexibility index (Phi) is 4.37. The molecule has 1 rings (SSSR count). The number of hydroxylamine groups is 1. The Morgan fingerprint density at radius 2 is 2.00 bits per heavy atom. The van der Waals surface area contributed by atoms with Gasteiger partial charge in [-0.05, 0) is 12.0 Å². The predicted molar refractivity (Wildman–Crippen MR) is 43.8 cm³/mol. The van der Waals surface area contributed by atoms with Crippen molar-refractivity contribution in [1.82, 2.24) is 5.48 Å². The number of benzene rings is 1. The van der Waals surface area contributed by atoms with Crippen LogP contribution in [0.15, 0.2) is 30.3 Å². The van der Waals surface area contributed by atoms with Gasteiger partial charge >= 0.3 is 0 Å². The predicted octanol–water partition coefficient (Wildman–Crippen LogP) is 1.15. The van der Waals surface area contributed by atoms with E-state index < -0.39 is 6.79 Å². The molecule has 0 bridgehead atoms. The molecule has 0 amide bonds. The lowest BCUT2D eigenvalue weighted by molar-refractivity contribution is -0.0979. The lowest BCUT2D eigenvalue weighted by atomic mass is 10.2. The topological polar surface area (TPSA) is 43.2 Å². The van der Waals surface area contributed by atoms with E-state index in [1.807, 2.05) is 30.3 Å². The van der Waals surface area contributed by atoms with E-state index in [2.05, 4.69) is 10.3 Å². The number of hydrogen-bond donors (Lipinski definition) is 0. The molecule has 0 heterocycles. The van der Waals surface area contributed by atoms with Crippen molar-refractivity contribution in [2.24, 2.45) is 0 Å². The van der Waals surface area contributed by atoms with E-state index in [0.717, 1.165) is 6.42 Å². The van der Waals surface area contributed by atoms with Crippen molar-refractivity contribution in [2.45, 2.75) is 6.42 Å². The molecule has 0 atom stereocenters. The molecule has 0 saturated heterocycles. The maximum atomic E-state index is 9.83. The van der Waals surface area contributed by atoms with E-state index in [-0.39, 0.29) is 0 Å². The highest BCUT2D eigenvalue weighted by Crippen LogP contribution is 1.98. The summed E-state index contributed by atoms with van der Waals surface area (Å²) in [7, 11) is 0. The molecule has 0 spiro atoms. The summed E-state index contributed by atoms with van der Waals surface area (Å²) >= 11 is 0. The van der Waals surface area contributed by atoms with Crippen molar-refractivity contribution in [3.8, 4) is 0 Å². The first kappa shape index (κ1) is 9.19. The lowest BCUT2D eigenvalue weighted by Crippen LogP contribution is -2.10. The van der Waals surface area contributed by atoms with Crippen LogP contribution in [0.25, 0.3) is 0 Å². The third-order valence-electron chi connectivity index (χ3n) is 1.48. The summed E-state index contributed by atoms with van der Waals surface area (Å²) in [5.74, 6) is 0. The molecule has 0 N–H and O–H groups in total. The second kappa shape index (κ2) is 5.71. The zero-order valence-electron chi connectivity index (χ0n) is 6.77. The lowest BCUT2D eigenvalue weighted by Gasteiger charge is -1.99. The van der Waals surface area contributed by atoms with Crippen LogP contribution in [0.2, 0.25) is 0 Å². The normalized spacial score (nSPS) is 10.1. The maximum absolute atomic E-state index is 9.83. The van der Waals surface area contributed by atoms with Crippen LogP contribution in [-0.2, 0) is 16.4 Å². The quantitative estimate of drug-likeness (QED) is 0.366. The van der Waals surface area contributed by atoms with Crippen LogP contribution >= 0.6 is 0 Å². The van der Waals surface area contributed by atoms with Crippen molar-refractivity contribution < 1.29 is 9.94 Å². The van der Waals surface area contributed by atoms with E-state index in [9.17, 15) is 5.11 Å². The zero-order chi connectivity index (χ0) is 8.65. The average molecular weight is 165 g/mol. The molecule has 0 fully saturated rings. The minimum atomic E-state index is -0.589. The number of hydrogen-bond acceptors (Lipinski definition) is 1. The molecule has 3 heteroatoms. The fourth-order valence-electron chi connectivity index (χ4n) is 0.921. The SMILES string of the molecule is [O]CO[N]CCc1ccccc1. The van der Waals surface area contributed by atoms with Crippen molar-refractivity contribution in [2.75, 3.05) is 13.3 Å². The second-order valence-electron chi connectivity index (χ2n) is 2.34. The van der Waals surface area contributed by atoms with E-state index in [1.165, 1.54) is 5.56 Å². The fourth-order valence-corrected chi connectivity index (χ4v) is 0.921. The summed E-state index contributed by atoms with van der Waals surface area (Å²) in [5, 5.41) is 9.83. The molecular weight excluding hydrogens is 154 g/mol. The van der Waals surface area contributed by atoms with Gasteiger partial charge < -0.3 is 0 Å². The van der Waals surface area contributed by atoms with Gasteiger partial charge in [0.25, 0.3) is 0 Å². The second-order valence-corrected chi connectivity index (χ2v) is 2.34. The Bertz CT molecular complexity index is 201. The summed E-state index contributed by atoms with van der Waals surface area (Å²) in [6, 6.07) is 9.96. The molecule has 1 aromatic carbocycles. The van der Waals surface area contributed by atoms with Gasteiger partial charge in [0.15, 0.2) is 0 Å². The smallest absolute Gasteiger partial charge is 0.202 e. The third-order valence-corrected chi connectivity index (χ3v) is 1.48. The highest BCUT2D eigenvalue weighted by Gasteiger charge is 1.91. The van der Waals surface area contributed by atoms with E-state index in [4.69, 9.17) is 0 Å². The molecule has 0 aromatic heterocycles. The molecule has 12 heavy (non-hydrogen) atoms. The van der Waals surface area contributed by atoms with Crippen LogP contribution in [0.4, 0.5) is 0 Å². The first-order valence-corrected chi connectivity index (χ1v) is 3.84. The van der Waals surface area contributed by atoms with Gasteiger partial charge in [-0.25, -0.2) is 5.11 Å². The van der Waals surface area contributed by atoms with Gasteiger partial charge in [-0.1, -0.05) is 35.8 Å². The Morgan fingerprint density at radius 3 is 2.67 bits per heavy atom. The van der Waals surface area contributed by atoms with E-state index in [0.29, 0.717) is 6.54 Å². The zero-order valence-corrected chi connectivity index (χ0v) is 6.77. The van der Waals surface area contributed by atoms with Crippen molar-refractivity contribution in [1.29, 1.82) is 0 Å². The first-order chi connectivity index (χ1) is 5.93. The monoisotopic (exact) mass is 165 g/mol. The van der Waals surface area contributed by atoms with Gasteiger partial charge in [-0.15, -0.1) is 0 Å². The Hall–Kier alpha value is -0.900. The van der Waals surface area contributed by atoms with Gasteiger partial charge in [-0.2, -0.15) is 0 Å². The highest BCUT2D eigenvalue weighted by atomic mass is 16.7. The molecule has 0 unspecified atom stereocenters. The van der Waals surface area contributed by atoms with Crippen LogP contribution in [0, 0.1) is 0 Å². The van der Waals surface area contributed by atoms with Crippen LogP contribution in [0.5, 0.6) is 0 Å². The number of rotatable bonds is 5. The van der Waals surface area contributed by atoms with Gasteiger partial charge in [0.2, 0.25) is 6.79 Å². The largest absolute Gasteiger partial charge is 0.250 e. The van der Waals surface area contributed by atoms with Crippen LogP contribution in [0.1, 0.15) is 5.56 Å². The molecule has 0 aliphatic rings. The third kappa shape index (κ3) is 3.48. The molecular formula is C9H11NO2. The minimum absolute atomic E-state index is 0.548. The van der Waals surface area contributed by atoms with Gasteiger partial charge in [0.1, 0.15) is 0 Å². The summed E-state index contributed by atoms with van der Waals surface area (Å²) in [6.07, 6.45) is 0.820. The number of nitrogens with zero attached hydrogens (tertiary/aromatic N) is 1. The maximum Gasteiger partial charge on any atom is 0.202 e. The molecule has 0 aliphatic heterocycles. The Labute approximate surface area is 71.9 Å².